The molecule has 2 aliphatic heterocycles. The van der Waals surface area contributed by atoms with Crippen LogP contribution >= 0.6 is 0 Å². The lowest BCUT2D eigenvalue weighted by atomic mass is 9.87. The lowest BCUT2D eigenvalue weighted by molar-refractivity contribution is -0.152. The first-order chi connectivity index (χ1) is 15.4. The van der Waals surface area contributed by atoms with Gasteiger partial charge in [-0.1, -0.05) is 36.4 Å². The lowest BCUT2D eigenvalue weighted by Gasteiger charge is -2.43. The van der Waals surface area contributed by atoms with E-state index in [0.717, 1.165) is 16.7 Å². The topological polar surface area (TPSA) is 96.1 Å². The van der Waals surface area contributed by atoms with Gasteiger partial charge in [-0.15, -0.1) is 0 Å². The molecule has 4 atom stereocenters. The number of nitrogens with two attached hydrogens (primary N) is 1. The number of hydrogen-bond acceptors (Lipinski definition) is 4. The van der Waals surface area contributed by atoms with Crippen LogP contribution in [0.15, 0.2) is 48.5 Å². The number of ether oxygens (including phenoxy) is 1. The van der Waals surface area contributed by atoms with Crippen molar-refractivity contribution in [2.24, 2.45) is 5.73 Å². The summed E-state index contributed by atoms with van der Waals surface area (Å²) in [5, 5.41) is 9.41. The summed E-state index contributed by atoms with van der Waals surface area (Å²) in [6, 6.07) is 12.8. The highest BCUT2D eigenvalue weighted by Crippen LogP contribution is 2.36. The molecular weight excluding hydrogens is 413 g/mol. The molecule has 1 saturated heterocycles. The molecule has 0 saturated carbocycles. The molecule has 2 amide bonds. The van der Waals surface area contributed by atoms with Crippen LogP contribution in [-0.2, 0) is 16.0 Å². The van der Waals surface area contributed by atoms with Gasteiger partial charge in [-0.05, 0) is 48.6 Å². The predicted octanol–water partition coefficient (Wildman–Crippen LogP) is 2.78. The van der Waals surface area contributed by atoms with E-state index in [1.54, 1.807) is 24.0 Å². The number of nitrogens with zero attached hydrogens (tertiary/aromatic N) is 2. The second-order valence-electron chi connectivity index (χ2n) is 8.29. The fourth-order valence-electron chi connectivity index (χ4n) is 4.81. The monoisotopic (exact) mass is 441 g/mol. The minimum atomic E-state index is -1.05. The Hall–Kier alpha value is -2.97. The van der Waals surface area contributed by atoms with E-state index in [0.29, 0.717) is 19.5 Å². The van der Waals surface area contributed by atoms with E-state index in [1.165, 1.54) is 17.0 Å². The average molecular weight is 442 g/mol. The molecule has 0 spiro atoms. The summed E-state index contributed by atoms with van der Waals surface area (Å²) in [5.41, 5.74) is 9.29. The van der Waals surface area contributed by atoms with Crippen molar-refractivity contribution < 1.29 is 23.8 Å². The Morgan fingerprint density at radius 2 is 1.94 bits per heavy atom. The van der Waals surface area contributed by atoms with Gasteiger partial charge in [0.1, 0.15) is 11.9 Å². The molecular formula is C24H28FN3O4. The fourth-order valence-corrected chi connectivity index (χ4v) is 4.81. The van der Waals surface area contributed by atoms with Crippen molar-refractivity contribution in [3.05, 3.63) is 71.0 Å². The molecule has 0 radical (unpaired) electrons. The van der Waals surface area contributed by atoms with E-state index in [-0.39, 0.29) is 30.8 Å². The zero-order chi connectivity index (χ0) is 22.8. The van der Waals surface area contributed by atoms with Gasteiger partial charge in [0, 0.05) is 19.1 Å². The highest BCUT2D eigenvalue weighted by atomic mass is 19.1. The first-order valence-electron chi connectivity index (χ1n) is 10.9. The maximum atomic E-state index is 13.6. The molecule has 0 unspecified atom stereocenters. The lowest BCUT2D eigenvalue weighted by Crippen LogP contribution is -2.59. The maximum Gasteiger partial charge on any atom is 0.407 e. The Bertz CT molecular complexity index is 983. The largest absolute Gasteiger partial charge is 0.465 e. The number of hydrogen-bond donors (Lipinski definition) is 2. The number of carboxylic acid groups (broad SMARTS) is 1. The van der Waals surface area contributed by atoms with E-state index in [1.807, 2.05) is 18.2 Å². The summed E-state index contributed by atoms with van der Waals surface area (Å²) in [6.07, 6.45) is -0.849. The number of rotatable bonds is 4. The number of carbonyl (C=O) groups is 2. The molecule has 2 aromatic carbocycles. The third-order valence-corrected chi connectivity index (χ3v) is 6.46. The number of fused-ring (bicyclic) bond motifs is 1. The molecule has 7 nitrogen and oxygen atoms in total. The van der Waals surface area contributed by atoms with Gasteiger partial charge in [0.2, 0.25) is 0 Å². The van der Waals surface area contributed by atoms with Crippen molar-refractivity contribution >= 4 is 12.0 Å². The van der Waals surface area contributed by atoms with E-state index in [9.17, 15) is 19.1 Å². The fraction of sp³-hybridized carbons (Fsp3) is 0.417. The molecule has 2 aromatic rings. The van der Waals surface area contributed by atoms with Crippen LogP contribution in [0.1, 0.15) is 36.1 Å². The van der Waals surface area contributed by atoms with Crippen molar-refractivity contribution in [1.82, 2.24) is 9.80 Å². The van der Waals surface area contributed by atoms with Crippen LogP contribution in [0.25, 0.3) is 0 Å². The van der Waals surface area contributed by atoms with Gasteiger partial charge in [0.05, 0.1) is 18.7 Å². The summed E-state index contributed by atoms with van der Waals surface area (Å²) in [7, 11) is 0. The van der Waals surface area contributed by atoms with Crippen molar-refractivity contribution in [2.75, 3.05) is 19.7 Å². The second-order valence-corrected chi connectivity index (χ2v) is 8.29. The van der Waals surface area contributed by atoms with Gasteiger partial charge in [-0.25, -0.2) is 9.18 Å². The number of likely N-dealkylation sites (N-methyl/N-ethyl adjacent to an activating group) is 1. The Morgan fingerprint density at radius 1 is 1.22 bits per heavy atom. The molecule has 0 aromatic heterocycles. The quantitative estimate of drug-likeness (QED) is 0.761. The molecule has 3 N–H and O–H groups in total. The third-order valence-electron chi connectivity index (χ3n) is 6.46. The Morgan fingerprint density at radius 3 is 2.59 bits per heavy atom. The van der Waals surface area contributed by atoms with E-state index in [4.69, 9.17) is 10.5 Å². The van der Waals surface area contributed by atoms with E-state index in [2.05, 4.69) is 6.07 Å². The van der Waals surface area contributed by atoms with Crippen molar-refractivity contribution in [2.45, 2.75) is 44.0 Å². The first kappa shape index (κ1) is 22.2. The molecule has 2 heterocycles. The molecule has 0 aliphatic carbocycles. The number of benzene rings is 2. The van der Waals surface area contributed by atoms with Crippen LogP contribution in [0.2, 0.25) is 0 Å². The number of halogens is 1. The zero-order valence-electron chi connectivity index (χ0n) is 18.0. The molecule has 170 valence electrons. The SMILES string of the molecule is CCN(C(=O)O)[C@H]1CO[C@@H](C(=O)N2CCc3ccccc3[C@@H]2c2ccc(F)cc2)C[C@@H]1N. The van der Waals surface area contributed by atoms with Gasteiger partial charge in [0.15, 0.2) is 0 Å². The molecule has 0 bridgehead atoms. The Labute approximate surface area is 186 Å². The maximum absolute atomic E-state index is 13.6. The number of amides is 2. The van der Waals surface area contributed by atoms with Crippen LogP contribution in [0, 0.1) is 5.82 Å². The highest BCUT2D eigenvalue weighted by Gasteiger charge is 2.41. The van der Waals surface area contributed by atoms with Gasteiger partial charge in [-0.3, -0.25) is 4.79 Å². The molecule has 1 fully saturated rings. The van der Waals surface area contributed by atoms with Crippen LogP contribution in [0.3, 0.4) is 0 Å². The first-order valence-corrected chi connectivity index (χ1v) is 10.9. The highest BCUT2D eigenvalue weighted by molar-refractivity contribution is 5.82. The smallest absolute Gasteiger partial charge is 0.407 e. The van der Waals surface area contributed by atoms with Crippen LogP contribution in [0.5, 0.6) is 0 Å². The number of carbonyl (C=O) groups excluding carboxylic acids is 1. The normalized spacial score (nSPS) is 25.2. The summed E-state index contributed by atoms with van der Waals surface area (Å²) in [6.45, 7) is 2.62. The molecule has 2 aliphatic rings. The van der Waals surface area contributed by atoms with Crippen molar-refractivity contribution in [3.8, 4) is 0 Å². The second kappa shape index (κ2) is 9.26. The van der Waals surface area contributed by atoms with Gasteiger partial charge >= 0.3 is 6.09 Å². The van der Waals surface area contributed by atoms with Gasteiger partial charge in [-0.2, -0.15) is 0 Å². The van der Waals surface area contributed by atoms with Gasteiger partial charge in [0.25, 0.3) is 5.91 Å². The minimum Gasteiger partial charge on any atom is -0.465 e. The predicted molar refractivity (Wildman–Crippen MR) is 117 cm³/mol. The van der Waals surface area contributed by atoms with E-state index < -0.39 is 24.3 Å². The Kier molecular flexibility index (Phi) is 6.43. The van der Waals surface area contributed by atoms with Crippen LogP contribution in [-0.4, -0.2) is 64.8 Å². The van der Waals surface area contributed by atoms with Crippen LogP contribution in [0.4, 0.5) is 9.18 Å². The van der Waals surface area contributed by atoms with Crippen molar-refractivity contribution in [1.29, 1.82) is 0 Å². The van der Waals surface area contributed by atoms with E-state index >= 15 is 0 Å². The third kappa shape index (κ3) is 4.20. The molecule has 8 heteroatoms. The van der Waals surface area contributed by atoms with Crippen LogP contribution < -0.4 is 5.73 Å². The molecule has 32 heavy (non-hydrogen) atoms. The Balaban J connectivity index is 1.59. The van der Waals surface area contributed by atoms with Gasteiger partial charge < -0.3 is 25.4 Å². The zero-order valence-corrected chi connectivity index (χ0v) is 18.0. The average Bonchev–Trinajstić information content (AvgIpc) is 2.79. The summed E-state index contributed by atoms with van der Waals surface area (Å²) < 4.78 is 19.4. The summed E-state index contributed by atoms with van der Waals surface area (Å²) in [4.78, 5) is 28.1. The molecule has 4 rings (SSSR count). The summed E-state index contributed by atoms with van der Waals surface area (Å²) >= 11 is 0. The van der Waals surface area contributed by atoms with Crippen molar-refractivity contribution in [3.63, 3.8) is 0 Å². The standard InChI is InChI=1S/C24H28FN3O4/c1-2-27(24(30)31)20-14-32-21(13-19(20)26)23(29)28-12-11-15-5-3-4-6-18(15)22(28)16-7-9-17(25)10-8-16/h3-10,19-22H,2,11-14,26H2,1H3,(H,30,31)/t19-,20-,21+,22-/m0/s1. The minimum absolute atomic E-state index is 0.0728. The summed E-state index contributed by atoms with van der Waals surface area (Å²) in [5.74, 6) is -0.511.